The highest BCUT2D eigenvalue weighted by atomic mass is 14.9. The molecule has 4 aliphatic heterocycles. The van der Waals surface area contributed by atoms with Crippen molar-refractivity contribution in [3.63, 3.8) is 0 Å². The van der Waals surface area contributed by atoms with Crippen LogP contribution in [0.25, 0.3) is 0 Å². The summed E-state index contributed by atoms with van der Waals surface area (Å²) in [5.41, 5.74) is 0. The fourth-order valence-electron chi connectivity index (χ4n) is 2.58. The zero-order chi connectivity index (χ0) is 23.6. The van der Waals surface area contributed by atoms with Crippen molar-refractivity contribution in [2.24, 2.45) is 0 Å². The van der Waals surface area contributed by atoms with Gasteiger partial charge in [0.05, 0.1) is 0 Å². The molecule has 4 saturated heterocycles. The molecule has 188 valence electrons. The highest BCUT2D eigenvalue weighted by Crippen LogP contribution is 2.00. The van der Waals surface area contributed by atoms with E-state index in [9.17, 15) is 0 Å². The van der Waals surface area contributed by atoms with Crippen molar-refractivity contribution >= 4 is 0 Å². The lowest BCUT2D eigenvalue weighted by Gasteiger charge is -2.09. The van der Waals surface area contributed by atoms with E-state index < -0.39 is 0 Å². The quantitative estimate of drug-likeness (QED) is 0.359. The first-order valence-electron chi connectivity index (χ1n) is 13.8. The summed E-state index contributed by atoms with van der Waals surface area (Å²) in [7, 11) is 0. The minimum atomic E-state index is 1.25. The van der Waals surface area contributed by atoms with Crippen LogP contribution in [0, 0.1) is 0 Å². The molecule has 0 unspecified atom stereocenters. The fourth-order valence-corrected chi connectivity index (χ4v) is 2.58. The van der Waals surface area contributed by atoms with Crippen LogP contribution in [0.15, 0.2) is 0 Å². The summed E-state index contributed by atoms with van der Waals surface area (Å²) in [6.45, 7) is 26.0. The highest BCUT2D eigenvalue weighted by Gasteiger charge is 1.95. The zero-order valence-electron chi connectivity index (χ0n) is 22.7. The molecule has 4 N–H and O–H groups in total. The van der Waals surface area contributed by atoms with Gasteiger partial charge >= 0.3 is 0 Å². The van der Waals surface area contributed by atoms with Crippen LogP contribution in [-0.4, -0.2) is 52.4 Å². The molecule has 0 bridgehead atoms. The van der Waals surface area contributed by atoms with E-state index in [0.29, 0.717) is 0 Å². The second kappa shape index (κ2) is 46.9. The van der Waals surface area contributed by atoms with Crippen molar-refractivity contribution in [2.45, 2.75) is 120 Å². The average Bonchev–Trinajstić information content (AvgIpc) is 3.28. The third-order valence-electron chi connectivity index (χ3n) is 4.33. The van der Waals surface area contributed by atoms with Gasteiger partial charge in [-0.1, -0.05) is 74.7 Å². The van der Waals surface area contributed by atoms with Gasteiger partial charge in [0.2, 0.25) is 0 Å². The summed E-state index contributed by atoms with van der Waals surface area (Å²) in [5, 5.41) is 13.0. The molecule has 0 aromatic rings. The average molecular weight is 433 g/mol. The van der Waals surface area contributed by atoms with Crippen molar-refractivity contribution < 1.29 is 0 Å². The largest absolute Gasteiger partial charge is 0.317 e. The normalized spacial score (nSPS) is 18.4. The Morgan fingerprint density at radius 1 is 0.233 bits per heavy atom. The maximum absolute atomic E-state index is 3.35. The van der Waals surface area contributed by atoms with Gasteiger partial charge in [-0.2, -0.15) is 0 Å². The molecule has 4 aliphatic rings. The lowest BCUT2D eigenvalue weighted by atomic mass is 10.2. The molecule has 0 aliphatic carbocycles. The zero-order valence-corrected chi connectivity index (χ0v) is 22.7. The molecular formula is C26H64N4. The summed E-state index contributed by atoms with van der Waals surface area (Å²) in [5.74, 6) is 0. The van der Waals surface area contributed by atoms with Gasteiger partial charge in [-0.05, 0) is 97.3 Å². The minimum absolute atomic E-state index is 1.25. The van der Waals surface area contributed by atoms with Gasteiger partial charge in [-0.25, -0.2) is 0 Å². The van der Waals surface area contributed by atoms with Gasteiger partial charge < -0.3 is 21.3 Å². The second-order valence-electron chi connectivity index (χ2n) is 6.54. The van der Waals surface area contributed by atoms with Crippen molar-refractivity contribution in [3.8, 4) is 0 Å². The number of nitrogens with one attached hydrogen (secondary N) is 4. The summed E-state index contributed by atoms with van der Waals surface area (Å²) >= 11 is 0. The number of hydrogen-bond donors (Lipinski definition) is 4. The number of piperidine rings is 1. The van der Waals surface area contributed by atoms with E-state index in [1.54, 1.807) is 0 Å². The Kier molecular flexibility index (Phi) is 58.1. The second-order valence-corrected chi connectivity index (χ2v) is 6.54. The first-order chi connectivity index (χ1) is 15.0. The Morgan fingerprint density at radius 2 is 0.367 bits per heavy atom. The lowest BCUT2D eigenvalue weighted by Crippen LogP contribution is -2.29. The predicted molar refractivity (Wildman–Crippen MR) is 143 cm³/mol. The van der Waals surface area contributed by atoms with E-state index in [0.717, 1.165) is 0 Å². The topological polar surface area (TPSA) is 48.1 Å². The van der Waals surface area contributed by atoms with Crippen LogP contribution in [0.4, 0.5) is 0 Å². The monoisotopic (exact) mass is 433 g/mol. The van der Waals surface area contributed by atoms with Crippen LogP contribution in [0.5, 0.6) is 0 Å². The van der Waals surface area contributed by atoms with Crippen LogP contribution >= 0.6 is 0 Å². The Balaban J connectivity index is -0.000000137. The van der Waals surface area contributed by atoms with Gasteiger partial charge in [-0.3, -0.25) is 0 Å². The fraction of sp³-hybridized carbons (Fsp3) is 1.00. The first kappa shape index (κ1) is 37.2. The van der Waals surface area contributed by atoms with Crippen molar-refractivity contribution in [1.82, 2.24) is 21.3 Å². The van der Waals surface area contributed by atoms with E-state index in [4.69, 9.17) is 0 Å². The van der Waals surface area contributed by atoms with E-state index in [1.807, 2.05) is 55.4 Å². The molecule has 0 atom stereocenters. The maximum Gasteiger partial charge on any atom is -0.00368 e. The molecule has 4 fully saturated rings. The third kappa shape index (κ3) is 42.0. The molecule has 4 rings (SSSR count). The standard InChI is InChI=1S/C6H13N.C5H11N.C4H9N.C3H7N.4C2H6/c1-2-4-6-7-5-3-1;1-2-4-6-5-3-1;1-2-4-5-3-1;1-2-4-3-1;4*1-2/h7H,1-6H2;6H,1-5H2;5H,1-4H2;4H,1-3H2;4*1-2H3. The highest BCUT2D eigenvalue weighted by molar-refractivity contribution is 4.57. The van der Waals surface area contributed by atoms with Gasteiger partial charge in [0.1, 0.15) is 0 Å². The van der Waals surface area contributed by atoms with Crippen molar-refractivity contribution in [1.29, 1.82) is 0 Å². The van der Waals surface area contributed by atoms with Gasteiger partial charge in [-0.15, -0.1) is 0 Å². The maximum atomic E-state index is 3.35. The van der Waals surface area contributed by atoms with E-state index >= 15 is 0 Å². The van der Waals surface area contributed by atoms with E-state index in [2.05, 4.69) is 21.3 Å². The van der Waals surface area contributed by atoms with Gasteiger partial charge in [0.15, 0.2) is 0 Å². The molecule has 4 heteroatoms. The SMILES string of the molecule is C1CCCNCC1.C1CCNC1.C1CCNCC1.C1CNC1.CC.CC.CC.CC. The Morgan fingerprint density at radius 3 is 0.533 bits per heavy atom. The molecule has 30 heavy (non-hydrogen) atoms. The molecule has 0 spiro atoms. The van der Waals surface area contributed by atoms with Gasteiger partial charge in [0, 0.05) is 0 Å². The Labute approximate surface area is 193 Å². The predicted octanol–water partition coefficient (Wildman–Crippen LogP) is 6.36. The Hall–Kier alpha value is -0.160. The minimum Gasteiger partial charge on any atom is -0.317 e. The molecule has 0 amide bonds. The van der Waals surface area contributed by atoms with E-state index in [1.165, 1.54) is 117 Å². The molecule has 0 aromatic carbocycles. The van der Waals surface area contributed by atoms with Crippen LogP contribution in [0.3, 0.4) is 0 Å². The van der Waals surface area contributed by atoms with Crippen molar-refractivity contribution in [2.75, 3.05) is 52.4 Å². The number of rotatable bonds is 0. The van der Waals surface area contributed by atoms with Gasteiger partial charge in [0.25, 0.3) is 0 Å². The molecule has 4 nitrogen and oxygen atoms in total. The van der Waals surface area contributed by atoms with Crippen molar-refractivity contribution in [3.05, 3.63) is 0 Å². The van der Waals surface area contributed by atoms with Crippen LogP contribution < -0.4 is 21.3 Å². The van der Waals surface area contributed by atoms with Crippen LogP contribution in [0.1, 0.15) is 120 Å². The van der Waals surface area contributed by atoms with Crippen LogP contribution in [0.2, 0.25) is 0 Å². The summed E-state index contributed by atoms with van der Waals surface area (Å²) in [6.07, 6.45) is 14.0. The Bertz CT molecular complexity index is 158. The lowest BCUT2D eigenvalue weighted by molar-refractivity contribution is 0.520. The first-order valence-corrected chi connectivity index (χ1v) is 13.8. The molecule has 0 saturated carbocycles. The summed E-state index contributed by atoms with van der Waals surface area (Å²) < 4.78 is 0. The molecular weight excluding hydrogens is 368 g/mol. The molecule has 0 aromatic heterocycles. The summed E-state index contributed by atoms with van der Waals surface area (Å²) in [6, 6.07) is 0. The number of hydrogen-bond acceptors (Lipinski definition) is 4. The summed E-state index contributed by atoms with van der Waals surface area (Å²) in [4.78, 5) is 0. The van der Waals surface area contributed by atoms with E-state index in [-0.39, 0.29) is 0 Å². The molecule has 0 radical (unpaired) electrons. The molecule has 4 heterocycles. The van der Waals surface area contributed by atoms with Crippen LogP contribution in [-0.2, 0) is 0 Å². The smallest absolute Gasteiger partial charge is 0.00368 e. The third-order valence-corrected chi connectivity index (χ3v) is 4.33.